The van der Waals surface area contributed by atoms with Gasteiger partial charge >= 0.3 is 0 Å². The molecule has 3 heteroatoms. The summed E-state index contributed by atoms with van der Waals surface area (Å²) in [5, 5.41) is 12.2. The number of rotatable bonds is 1. The van der Waals surface area contributed by atoms with E-state index in [1.807, 2.05) is 24.3 Å². The predicted octanol–water partition coefficient (Wildman–Crippen LogP) is 3.71. The van der Waals surface area contributed by atoms with Gasteiger partial charge in [-0.2, -0.15) is 0 Å². The van der Waals surface area contributed by atoms with E-state index in [9.17, 15) is 5.11 Å². The predicted molar refractivity (Wildman–Crippen MR) is 76.9 cm³/mol. The smallest absolute Gasteiger partial charge is 0.125 e. The van der Waals surface area contributed by atoms with Gasteiger partial charge in [0, 0.05) is 42.0 Å². The third-order valence-corrected chi connectivity index (χ3v) is 4.49. The van der Waals surface area contributed by atoms with E-state index in [2.05, 4.69) is 24.9 Å². The Morgan fingerprint density at radius 1 is 1.28 bits per heavy atom. The maximum Gasteiger partial charge on any atom is 0.125 e. The highest BCUT2D eigenvalue weighted by molar-refractivity contribution is 6.19. The fourth-order valence-electron chi connectivity index (χ4n) is 2.98. The molecule has 94 valence electrons. The Kier molecular flexibility index (Phi) is 2.63. The molecule has 0 saturated carbocycles. The molecule has 0 radical (unpaired) electrons. The van der Waals surface area contributed by atoms with Gasteiger partial charge < -0.3 is 10.0 Å². The molecule has 0 saturated heterocycles. The number of hydrogen-bond acceptors (Lipinski definition) is 2. The molecule has 2 atom stereocenters. The van der Waals surface area contributed by atoms with Crippen LogP contribution in [0.1, 0.15) is 18.4 Å². The Balaban J connectivity index is 2.38. The number of hydrogen-bond donors (Lipinski definition) is 1. The number of halogens is 1. The normalized spacial score (nSPS) is 22.5. The summed E-state index contributed by atoms with van der Waals surface area (Å²) in [6.45, 7) is 2.18. The highest BCUT2D eigenvalue weighted by Gasteiger charge is 2.34. The number of likely N-dealkylation sites (N-methyl/N-ethyl adjacent to an activating group) is 1. The van der Waals surface area contributed by atoms with Crippen molar-refractivity contribution in [3.05, 3.63) is 35.9 Å². The van der Waals surface area contributed by atoms with Gasteiger partial charge in [-0.05, 0) is 17.9 Å². The topological polar surface area (TPSA) is 23.5 Å². The Labute approximate surface area is 112 Å². The van der Waals surface area contributed by atoms with E-state index in [4.69, 9.17) is 11.6 Å². The number of benzene rings is 2. The Hall–Kier alpha value is -1.41. The molecule has 0 bridgehead atoms. The first-order valence-corrected chi connectivity index (χ1v) is 6.72. The second-order valence-electron chi connectivity index (χ2n) is 4.99. The van der Waals surface area contributed by atoms with Crippen molar-refractivity contribution in [1.82, 2.24) is 0 Å². The lowest BCUT2D eigenvalue weighted by Gasteiger charge is -2.21. The largest absolute Gasteiger partial charge is 0.507 e. The molecule has 1 aliphatic rings. The fraction of sp³-hybridized carbons (Fsp3) is 0.333. The van der Waals surface area contributed by atoms with E-state index in [0.717, 1.165) is 16.5 Å². The van der Waals surface area contributed by atoms with Gasteiger partial charge in [0.25, 0.3) is 0 Å². The summed E-state index contributed by atoms with van der Waals surface area (Å²) < 4.78 is 0. The third-order valence-electron chi connectivity index (χ3n) is 4.15. The van der Waals surface area contributed by atoms with E-state index >= 15 is 0 Å². The Bertz CT molecular complexity index is 611. The van der Waals surface area contributed by atoms with Crippen LogP contribution in [-0.2, 0) is 0 Å². The molecule has 3 rings (SSSR count). The highest BCUT2D eigenvalue weighted by atomic mass is 35.5. The fourth-order valence-corrected chi connectivity index (χ4v) is 3.39. The zero-order valence-corrected chi connectivity index (χ0v) is 11.3. The third kappa shape index (κ3) is 1.42. The van der Waals surface area contributed by atoms with Crippen molar-refractivity contribution in [2.75, 3.05) is 17.8 Å². The quantitative estimate of drug-likeness (QED) is 0.791. The van der Waals surface area contributed by atoms with E-state index in [1.165, 1.54) is 5.56 Å². The molecule has 18 heavy (non-hydrogen) atoms. The number of alkyl halides is 1. The first-order valence-electron chi connectivity index (χ1n) is 6.18. The summed E-state index contributed by atoms with van der Waals surface area (Å²) in [5.41, 5.74) is 2.37. The molecule has 2 nitrogen and oxygen atoms in total. The lowest BCUT2D eigenvalue weighted by atomic mass is 9.92. The summed E-state index contributed by atoms with van der Waals surface area (Å²) in [5.74, 6) is 1.27. The lowest BCUT2D eigenvalue weighted by molar-refractivity contribution is 0.481. The van der Waals surface area contributed by atoms with Gasteiger partial charge in [0.1, 0.15) is 5.75 Å². The maximum atomic E-state index is 10.1. The van der Waals surface area contributed by atoms with Crippen LogP contribution in [0, 0.1) is 0 Å². The Morgan fingerprint density at radius 2 is 1.94 bits per heavy atom. The van der Waals surface area contributed by atoms with E-state index in [-0.39, 0.29) is 0 Å². The minimum Gasteiger partial charge on any atom is -0.507 e. The highest BCUT2D eigenvalue weighted by Crippen LogP contribution is 2.47. The molecule has 2 aromatic carbocycles. The van der Waals surface area contributed by atoms with Crippen molar-refractivity contribution in [3.63, 3.8) is 0 Å². The van der Waals surface area contributed by atoms with Crippen LogP contribution in [0.5, 0.6) is 5.75 Å². The van der Waals surface area contributed by atoms with E-state index < -0.39 is 0 Å². The number of phenols is 1. The van der Waals surface area contributed by atoms with Gasteiger partial charge in [0.05, 0.1) is 0 Å². The molecular weight excluding hydrogens is 246 g/mol. The van der Waals surface area contributed by atoms with Crippen molar-refractivity contribution in [2.45, 2.75) is 18.9 Å². The lowest BCUT2D eigenvalue weighted by Crippen LogP contribution is -2.27. The van der Waals surface area contributed by atoms with Gasteiger partial charge in [0.2, 0.25) is 0 Å². The first kappa shape index (κ1) is 11.7. The summed E-state index contributed by atoms with van der Waals surface area (Å²) in [7, 11) is 2.06. The number of fused-ring (bicyclic) bond motifs is 3. The molecular formula is C15H16ClNO. The van der Waals surface area contributed by atoms with Crippen LogP contribution in [-0.4, -0.2) is 24.1 Å². The molecule has 0 spiro atoms. The van der Waals surface area contributed by atoms with Crippen LogP contribution in [0.3, 0.4) is 0 Å². The van der Waals surface area contributed by atoms with E-state index in [0.29, 0.717) is 23.6 Å². The summed E-state index contributed by atoms with van der Waals surface area (Å²) >= 11 is 6.15. The van der Waals surface area contributed by atoms with Crippen molar-refractivity contribution in [2.24, 2.45) is 0 Å². The number of nitrogens with zero attached hydrogens (tertiary/aromatic N) is 1. The summed E-state index contributed by atoms with van der Waals surface area (Å²) in [6, 6.07) is 10.2. The van der Waals surface area contributed by atoms with E-state index in [1.54, 1.807) is 0 Å². The van der Waals surface area contributed by atoms with Crippen molar-refractivity contribution in [3.8, 4) is 5.75 Å². The molecule has 0 unspecified atom stereocenters. The average molecular weight is 262 g/mol. The second-order valence-corrected chi connectivity index (χ2v) is 5.29. The van der Waals surface area contributed by atoms with Crippen LogP contribution in [0.2, 0.25) is 0 Å². The van der Waals surface area contributed by atoms with Crippen LogP contribution in [0.25, 0.3) is 10.8 Å². The molecule has 2 aromatic rings. The minimum absolute atomic E-state index is 0.317. The van der Waals surface area contributed by atoms with Crippen LogP contribution < -0.4 is 4.90 Å². The summed E-state index contributed by atoms with van der Waals surface area (Å²) in [4.78, 5) is 2.20. The Morgan fingerprint density at radius 3 is 2.61 bits per heavy atom. The van der Waals surface area contributed by atoms with Crippen LogP contribution in [0.15, 0.2) is 30.3 Å². The van der Waals surface area contributed by atoms with Gasteiger partial charge in [0.15, 0.2) is 0 Å². The molecule has 1 N–H and O–H groups in total. The monoisotopic (exact) mass is 261 g/mol. The molecule has 1 aliphatic heterocycles. The molecule has 0 fully saturated rings. The number of anilines is 1. The maximum absolute atomic E-state index is 10.1. The molecule has 0 amide bonds. The molecule has 0 aromatic heterocycles. The van der Waals surface area contributed by atoms with Gasteiger partial charge in [-0.1, -0.05) is 24.3 Å². The van der Waals surface area contributed by atoms with Crippen molar-refractivity contribution in [1.29, 1.82) is 0 Å². The average Bonchev–Trinajstić information content (AvgIpc) is 2.63. The SMILES string of the molecule is C[C@H]1[C@@H](CCl)c2c(cc(O)c3ccccc23)N1C. The first-order chi connectivity index (χ1) is 8.65. The minimum atomic E-state index is 0.317. The summed E-state index contributed by atoms with van der Waals surface area (Å²) in [6.07, 6.45) is 0. The standard InChI is InChI=1S/C15H16ClNO/c1-9-12(8-16)15-11-6-4-3-5-10(11)14(18)7-13(15)17(9)2/h3-7,9,12,18H,8H2,1-2H3/t9-,12+/m0/s1. The zero-order valence-electron chi connectivity index (χ0n) is 10.5. The van der Waals surface area contributed by atoms with Crippen LogP contribution in [0.4, 0.5) is 5.69 Å². The second kappa shape index (κ2) is 4.06. The van der Waals surface area contributed by atoms with Crippen molar-refractivity contribution < 1.29 is 5.11 Å². The van der Waals surface area contributed by atoms with Gasteiger partial charge in [-0.15, -0.1) is 11.6 Å². The number of phenolic OH excluding ortho intramolecular Hbond substituents is 1. The molecule has 1 heterocycles. The number of aromatic hydroxyl groups is 1. The molecule has 0 aliphatic carbocycles. The van der Waals surface area contributed by atoms with Gasteiger partial charge in [-0.3, -0.25) is 0 Å². The van der Waals surface area contributed by atoms with Crippen molar-refractivity contribution >= 4 is 28.1 Å². The van der Waals surface area contributed by atoms with Crippen LogP contribution >= 0.6 is 11.6 Å². The zero-order chi connectivity index (χ0) is 12.9. The van der Waals surface area contributed by atoms with Gasteiger partial charge in [-0.25, -0.2) is 0 Å².